The van der Waals surface area contributed by atoms with Crippen molar-refractivity contribution in [1.82, 2.24) is 0 Å². The molecule has 0 fully saturated rings. The standard InChI is InChI=1S/C7H6ClIO/c8-6-3-1-2-4-7(6)10-5-9/h1-4H,5H2. The molecule has 0 atom stereocenters. The Balaban J connectivity index is 2.81. The van der Waals surface area contributed by atoms with Gasteiger partial charge in [0.1, 0.15) is 10.4 Å². The maximum absolute atomic E-state index is 5.77. The molecular formula is C7H6ClIO. The minimum absolute atomic E-state index is 0.626. The lowest BCUT2D eigenvalue weighted by molar-refractivity contribution is 0.404. The molecule has 0 spiro atoms. The zero-order valence-electron chi connectivity index (χ0n) is 5.18. The summed E-state index contributed by atoms with van der Waals surface area (Å²) in [4.78, 5) is 0. The van der Waals surface area contributed by atoms with Gasteiger partial charge in [0.15, 0.2) is 0 Å². The average Bonchev–Trinajstić information content (AvgIpc) is 1.94. The Labute approximate surface area is 78.5 Å². The molecule has 1 nitrogen and oxygen atoms in total. The van der Waals surface area contributed by atoms with E-state index < -0.39 is 0 Å². The molecule has 54 valence electrons. The molecule has 0 N–H and O–H groups in total. The Morgan fingerprint density at radius 3 is 2.70 bits per heavy atom. The van der Waals surface area contributed by atoms with Crippen molar-refractivity contribution >= 4 is 34.2 Å². The van der Waals surface area contributed by atoms with Gasteiger partial charge in [-0.05, 0) is 34.7 Å². The number of ether oxygens (including phenoxy) is 1. The van der Waals surface area contributed by atoms with E-state index in [4.69, 9.17) is 16.3 Å². The van der Waals surface area contributed by atoms with Crippen LogP contribution in [-0.4, -0.2) is 4.61 Å². The Hall–Kier alpha value is 0.0400. The summed E-state index contributed by atoms with van der Waals surface area (Å²) in [6, 6.07) is 7.43. The highest BCUT2D eigenvalue weighted by Crippen LogP contribution is 2.23. The average molecular weight is 268 g/mol. The molecule has 0 aliphatic heterocycles. The second-order valence-corrected chi connectivity index (χ2v) is 2.71. The SMILES string of the molecule is Clc1ccccc1OCI. The Kier molecular flexibility index (Phi) is 3.28. The van der Waals surface area contributed by atoms with Crippen molar-refractivity contribution in [2.24, 2.45) is 0 Å². The predicted octanol–water partition coefficient (Wildman–Crippen LogP) is 3.11. The molecule has 10 heavy (non-hydrogen) atoms. The van der Waals surface area contributed by atoms with Gasteiger partial charge in [0.05, 0.1) is 5.02 Å². The fraction of sp³-hybridized carbons (Fsp3) is 0.143. The first kappa shape index (κ1) is 8.14. The zero-order valence-corrected chi connectivity index (χ0v) is 8.09. The van der Waals surface area contributed by atoms with Crippen molar-refractivity contribution in [3.05, 3.63) is 29.3 Å². The molecule has 0 saturated carbocycles. The first-order valence-corrected chi connectivity index (χ1v) is 4.68. The van der Waals surface area contributed by atoms with E-state index in [9.17, 15) is 0 Å². The molecule has 1 rings (SSSR count). The molecule has 0 radical (unpaired) electrons. The van der Waals surface area contributed by atoms with Gasteiger partial charge >= 0.3 is 0 Å². The summed E-state index contributed by atoms with van der Waals surface area (Å²) >= 11 is 7.90. The van der Waals surface area contributed by atoms with Gasteiger partial charge in [-0.15, -0.1) is 0 Å². The number of hydrogen-bond acceptors (Lipinski definition) is 1. The van der Waals surface area contributed by atoms with Crippen LogP contribution in [0.25, 0.3) is 0 Å². The van der Waals surface area contributed by atoms with Gasteiger partial charge in [0, 0.05) is 0 Å². The first-order chi connectivity index (χ1) is 4.84. The van der Waals surface area contributed by atoms with Crippen LogP contribution in [0.3, 0.4) is 0 Å². The third-order valence-corrected chi connectivity index (χ3v) is 1.67. The number of alkyl halides is 1. The highest BCUT2D eigenvalue weighted by atomic mass is 127. The number of rotatable bonds is 2. The van der Waals surface area contributed by atoms with Crippen LogP contribution in [0, 0.1) is 0 Å². The summed E-state index contributed by atoms with van der Waals surface area (Å²) < 4.78 is 5.82. The first-order valence-electron chi connectivity index (χ1n) is 2.78. The maximum atomic E-state index is 5.77. The smallest absolute Gasteiger partial charge is 0.139 e. The van der Waals surface area contributed by atoms with E-state index in [-0.39, 0.29) is 0 Å². The summed E-state index contributed by atoms with van der Waals surface area (Å²) in [5.74, 6) is 0.749. The van der Waals surface area contributed by atoms with Crippen molar-refractivity contribution in [2.45, 2.75) is 0 Å². The molecule has 0 saturated heterocycles. The van der Waals surface area contributed by atoms with Crippen molar-refractivity contribution in [3.8, 4) is 5.75 Å². The summed E-state index contributed by atoms with van der Waals surface area (Å²) in [5.41, 5.74) is 0. The topological polar surface area (TPSA) is 9.23 Å². The van der Waals surface area contributed by atoms with E-state index in [0.29, 0.717) is 9.64 Å². The van der Waals surface area contributed by atoms with Crippen molar-refractivity contribution in [3.63, 3.8) is 0 Å². The van der Waals surface area contributed by atoms with E-state index in [1.54, 1.807) is 0 Å². The Morgan fingerprint density at radius 2 is 2.10 bits per heavy atom. The molecule has 0 bridgehead atoms. The van der Waals surface area contributed by atoms with Crippen LogP contribution in [0.5, 0.6) is 5.75 Å². The molecule has 0 aliphatic carbocycles. The van der Waals surface area contributed by atoms with E-state index in [1.165, 1.54) is 0 Å². The van der Waals surface area contributed by atoms with Gasteiger partial charge < -0.3 is 4.74 Å². The predicted molar refractivity (Wildman–Crippen MR) is 51.0 cm³/mol. The quantitative estimate of drug-likeness (QED) is 0.591. The fourth-order valence-corrected chi connectivity index (χ4v) is 1.15. The highest BCUT2D eigenvalue weighted by molar-refractivity contribution is 14.1. The van der Waals surface area contributed by atoms with E-state index in [1.807, 2.05) is 24.3 Å². The summed E-state index contributed by atoms with van der Waals surface area (Å²) in [6.45, 7) is 0. The Morgan fingerprint density at radius 1 is 1.40 bits per heavy atom. The van der Waals surface area contributed by atoms with E-state index in [0.717, 1.165) is 5.75 Å². The molecule has 0 heterocycles. The van der Waals surface area contributed by atoms with E-state index >= 15 is 0 Å². The number of halogens is 2. The molecule has 0 aliphatic rings. The largest absolute Gasteiger partial charge is 0.482 e. The van der Waals surface area contributed by atoms with Crippen LogP contribution >= 0.6 is 34.2 Å². The molecule has 1 aromatic carbocycles. The van der Waals surface area contributed by atoms with Gasteiger partial charge in [-0.3, -0.25) is 0 Å². The van der Waals surface area contributed by atoms with Crippen LogP contribution in [0.2, 0.25) is 5.02 Å². The molecule has 0 unspecified atom stereocenters. The fourth-order valence-electron chi connectivity index (χ4n) is 0.621. The second-order valence-electron chi connectivity index (χ2n) is 1.68. The third-order valence-electron chi connectivity index (χ3n) is 1.05. The number of hydrogen-bond donors (Lipinski definition) is 0. The maximum Gasteiger partial charge on any atom is 0.139 e. The lowest BCUT2D eigenvalue weighted by Gasteiger charge is -2.01. The molecular weight excluding hydrogens is 262 g/mol. The molecule has 3 heteroatoms. The van der Waals surface area contributed by atoms with Crippen molar-refractivity contribution in [2.75, 3.05) is 4.61 Å². The number of benzene rings is 1. The minimum atomic E-state index is 0.626. The van der Waals surface area contributed by atoms with E-state index in [2.05, 4.69) is 22.6 Å². The Bertz CT molecular complexity index is 215. The third kappa shape index (κ3) is 2.02. The molecule has 1 aromatic rings. The van der Waals surface area contributed by atoms with Crippen LogP contribution in [0.15, 0.2) is 24.3 Å². The minimum Gasteiger partial charge on any atom is -0.482 e. The van der Waals surface area contributed by atoms with Gasteiger partial charge in [-0.1, -0.05) is 23.7 Å². The summed E-state index contributed by atoms with van der Waals surface area (Å²) in [7, 11) is 0. The normalized spacial score (nSPS) is 9.40. The van der Waals surface area contributed by atoms with Crippen molar-refractivity contribution < 1.29 is 4.74 Å². The van der Waals surface area contributed by atoms with Crippen LogP contribution in [0.1, 0.15) is 0 Å². The number of para-hydroxylation sites is 1. The van der Waals surface area contributed by atoms with Gasteiger partial charge in [-0.2, -0.15) is 0 Å². The molecule has 0 aromatic heterocycles. The summed E-state index contributed by atoms with van der Waals surface area (Å²) in [6.07, 6.45) is 0. The summed E-state index contributed by atoms with van der Waals surface area (Å²) in [5, 5.41) is 0.666. The van der Waals surface area contributed by atoms with Crippen LogP contribution in [-0.2, 0) is 0 Å². The van der Waals surface area contributed by atoms with Gasteiger partial charge in [0.25, 0.3) is 0 Å². The molecule has 0 amide bonds. The lowest BCUT2D eigenvalue weighted by atomic mass is 10.3. The van der Waals surface area contributed by atoms with Crippen LogP contribution in [0.4, 0.5) is 0 Å². The van der Waals surface area contributed by atoms with Gasteiger partial charge in [0.2, 0.25) is 0 Å². The zero-order chi connectivity index (χ0) is 7.40. The van der Waals surface area contributed by atoms with Gasteiger partial charge in [-0.25, -0.2) is 0 Å². The second kappa shape index (κ2) is 4.03. The van der Waals surface area contributed by atoms with Crippen LogP contribution < -0.4 is 4.74 Å². The monoisotopic (exact) mass is 268 g/mol. The lowest BCUT2D eigenvalue weighted by Crippen LogP contribution is -1.87. The van der Waals surface area contributed by atoms with Crippen molar-refractivity contribution in [1.29, 1.82) is 0 Å². The highest BCUT2D eigenvalue weighted by Gasteiger charge is 1.95.